The van der Waals surface area contributed by atoms with Gasteiger partial charge < -0.3 is 10.6 Å². The van der Waals surface area contributed by atoms with Gasteiger partial charge in [-0.05, 0) is 45.2 Å². The Hall–Kier alpha value is -0.370. The van der Waals surface area contributed by atoms with Crippen LogP contribution in [0, 0.1) is 5.92 Å². The third-order valence-corrected chi connectivity index (χ3v) is 4.79. The topological polar surface area (TPSA) is 87.3 Å². The third-order valence-electron chi connectivity index (χ3n) is 3.39. The fraction of sp³-hybridized carbons (Fsp3) is 0.917. The van der Waals surface area contributed by atoms with Gasteiger partial charge in [-0.3, -0.25) is 4.79 Å². The lowest BCUT2D eigenvalue weighted by Gasteiger charge is -2.22. The number of nitrogens with one attached hydrogen (secondary N) is 3. The molecule has 0 radical (unpaired) electrons. The van der Waals surface area contributed by atoms with Crippen LogP contribution in [0.5, 0.6) is 0 Å². The molecule has 0 aromatic carbocycles. The van der Waals surface area contributed by atoms with Crippen molar-refractivity contribution < 1.29 is 13.2 Å². The van der Waals surface area contributed by atoms with Crippen LogP contribution in [-0.2, 0) is 14.8 Å². The molecule has 0 bridgehead atoms. The van der Waals surface area contributed by atoms with Gasteiger partial charge in [-0.2, -0.15) is 0 Å². The van der Waals surface area contributed by atoms with Crippen LogP contribution in [0.15, 0.2) is 0 Å². The fourth-order valence-corrected chi connectivity index (χ4v) is 2.72. The number of piperidine rings is 1. The highest BCUT2D eigenvalue weighted by Gasteiger charge is 2.14. The second-order valence-electron chi connectivity index (χ2n) is 4.88. The van der Waals surface area contributed by atoms with Gasteiger partial charge in [-0.25, -0.2) is 13.1 Å². The van der Waals surface area contributed by atoms with Crippen LogP contribution < -0.4 is 15.4 Å². The summed E-state index contributed by atoms with van der Waals surface area (Å²) in [6.07, 6.45) is 3.74. The summed E-state index contributed by atoms with van der Waals surface area (Å²) in [6, 6.07) is 0. The Kier molecular flexibility index (Phi) is 10.2. The predicted molar refractivity (Wildman–Crippen MR) is 82.5 cm³/mol. The maximum Gasteiger partial charge on any atom is 0.220 e. The highest BCUT2D eigenvalue weighted by Crippen LogP contribution is 2.17. The SMILES string of the molecule is CCS(=O)(=O)NCCNC(=O)CCC1CCNCC1.Cl. The first-order valence-electron chi connectivity index (χ1n) is 6.98. The van der Waals surface area contributed by atoms with E-state index in [1.807, 2.05) is 0 Å². The van der Waals surface area contributed by atoms with Gasteiger partial charge in [-0.15, -0.1) is 12.4 Å². The van der Waals surface area contributed by atoms with Crippen LogP contribution in [0.4, 0.5) is 0 Å². The van der Waals surface area contributed by atoms with Gasteiger partial charge in [0.1, 0.15) is 0 Å². The molecule has 1 saturated heterocycles. The molecule has 1 rings (SSSR count). The van der Waals surface area contributed by atoms with Crippen LogP contribution >= 0.6 is 12.4 Å². The van der Waals surface area contributed by atoms with Gasteiger partial charge in [0, 0.05) is 19.5 Å². The summed E-state index contributed by atoms with van der Waals surface area (Å²) in [5.74, 6) is 0.719. The molecule has 20 heavy (non-hydrogen) atoms. The lowest BCUT2D eigenvalue weighted by atomic mass is 9.93. The summed E-state index contributed by atoms with van der Waals surface area (Å²) in [4.78, 5) is 11.6. The molecule has 1 fully saturated rings. The molecular weight excluding hydrogens is 302 g/mol. The molecule has 1 heterocycles. The van der Waals surface area contributed by atoms with Crippen LogP contribution in [0.25, 0.3) is 0 Å². The molecule has 8 heteroatoms. The van der Waals surface area contributed by atoms with Crippen LogP contribution in [0.3, 0.4) is 0 Å². The van der Waals surface area contributed by atoms with Crippen molar-refractivity contribution in [1.82, 2.24) is 15.4 Å². The van der Waals surface area contributed by atoms with E-state index in [9.17, 15) is 13.2 Å². The van der Waals surface area contributed by atoms with Crippen molar-refractivity contribution in [3.05, 3.63) is 0 Å². The van der Waals surface area contributed by atoms with E-state index in [1.165, 1.54) is 0 Å². The highest BCUT2D eigenvalue weighted by atomic mass is 35.5. The van der Waals surface area contributed by atoms with E-state index in [0.29, 0.717) is 18.9 Å². The maximum atomic E-state index is 11.6. The third kappa shape index (κ3) is 8.73. The monoisotopic (exact) mass is 327 g/mol. The highest BCUT2D eigenvalue weighted by molar-refractivity contribution is 7.89. The van der Waals surface area contributed by atoms with Gasteiger partial charge in [0.2, 0.25) is 15.9 Å². The number of amides is 1. The fourth-order valence-electron chi connectivity index (χ4n) is 2.10. The summed E-state index contributed by atoms with van der Waals surface area (Å²) in [6.45, 7) is 4.29. The van der Waals surface area contributed by atoms with Crippen molar-refractivity contribution in [3.8, 4) is 0 Å². The zero-order valence-corrected chi connectivity index (χ0v) is 13.6. The second kappa shape index (κ2) is 10.4. The first kappa shape index (κ1) is 19.6. The van der Waals surface area contributed by atoms with Gasteiger partial charge in [0.05, 0.1) is 5.75 Å². The number of carbonyl (C=O) groups is 1. The molecule has 0 aromatic rings. The van der Waals surface area contributed by atoms with Crippen LogP contribution in [0.1, 0.15) is 32.6 Å². The van der Waals surface area contributed by atoms with Crippen LogP contribution in [-0.4, -0.2) is 46.3 Å². The van der Waals surface area contributed by atoms with E-state index >= 15 is 0 Å². The zero-order chi connectivity index (χ0) is 14.1. The summed E-state index contributed by atoms with van der Waals surface area (Å²) in [5, 5.41) is 6.04. The van der Waals surface area contributed by atoms with Crippen molar-refractivity contribution in [2.45, 2.75) is 32.6 Å². The van der Waals surface area contributed by atoms with Gasteiger partial charge in [-0.1, -0.05) is 0 Å². The Morgan fingerprint density at radius 3 is 2.50 bits per heavy atom. The van der Waals surface area contributed by atoms with Gasteiger partial charge in [0.25, 0.3) is 0 Å². The van der Waals surface area contributed by atoms with Crippen molar-refractivity contribution in [3.63, 3.8) is 0 Å². The number of carbonyl (C=O) groups excluding carboxylic acids is 1. The lowest BCUT2D eigenvalue weighted by molar-refractivity contribution is -0.121. The van der Waals surface area contributed by atoms with E-state index in [1.54, 1.807) is 6.92 Å². The maximum absolute atomic E-state index is 11.6. The minimum absolute atomic E-state index is 0. The molecule has 0 atom stereocenters. The van der Waals surface area contributed by atoms with E-state index in [2.05, 4.69) is 15.4 Å². The lowest BCUT2D eigenvalue weighted by Crippen LogP contribution is -2.35. The Morgan fingerprint density at radius 1 is 1.25 bits per heavy atom. The van der Waals surface area contributed by atoms with Crippen molar-refractivity contribution >= 4 is 28.3 Å². The quantitative estimate of drug-likeness (QED) is 0.557. The summed E-state index contributed by atoms with van der Waals surface area (Å²) in [7, 11) is -3.16. The minimum atomic E-state index is -3.16. The molecular formula is C12H26ClN3O3S. The molecule has 0 aromatic heterocycles. The smallest absolute Gasteiger partial charge is 0.220 e. The van der Waals surface area contributed by atoms with Crippen molar-refractivity contribution in [1.29, 1.82) is 0 Å². The molecule has 0 saturated carbocycles. The average Bonchev–Trinajstić information content (AvgIpc) is 2.42. The van der Waals surface area contributed by atoms with E-state index in [4.69, 9.17) is 0 Å². The Bertz CT molecular complexity index is 370. The number of rotatable bonds is 8. The average molecular weight is 328 g/mol. The molecule has 0 spiro atoms. The molecule has 0 unspecified atom stereocenters. The molecule has 1 aliphatic rings. The normalized spacial score (nSPS) is 16.4. The zero-order valence-electron chi connectivity index (χ0n) is 12.0. The van der Waals surface area contributed by atoms with Gasteiger partial charge in [0.15, 0.2) is 0 Å². The first-order valence-corrected chi connectivity index (χ1v) is 8.63. The molecule has 120 valence electrons. The molecule has 0 aliphatic carbocycles. The minimum Gasteiger partial charge on any atom is -0.355 e. The summed E-state index contributed by atoms with van der Waals surface area (Å²) < 4.78 is 24.7. The molecule has 3 N–H and O–H groups in total. The number of hydrogen-bond acceptors (Lipinski definition) is 4. The molecule has 6 nitrogen and oxygen atoms in total. The summed E-state index contributed by atoms with van der Waals surface area (Å²) in [5.41, 5.74) is 0. The van der Waals surface area contributed by atoms with Crippen molar-refractivity contribution in [2.24, 2.45) is 5.92 Å². The molecule has 1 aliphatic heterocycles. The van der Waals surface area contributed by atoms with E-state index in [0.717, 1.165) is 32.4 Å². The second-order valence-corrected chi connectivity index (χ2v) is 6.98. The largest absolute Gasteiger partial charge is 0.355 e. The van der Waals surface area contributed by atoms with Crippen LogP contribution in [0.2, 0.25) is 0 Å². The van der Waals surface area contributed by atoms with Gasteiger partial charge >= 0.3 is 0 Å². The number of sulfonamides is 1. The van der Waals surface area contributed by atoms with Crippen molar-refractivity contribution in [2.75, 3.05) is 31.9 Å². The molecule has 1 amide bonds. The predicted octanol–water partition coefficient (Wildman–Crippen LogP) is 0.244. The standard InChI is InChI=1S/C12H25N3O3S.ClH/c1-2-19(17,18)15-10-9-14-12(16)4-3-11-5-7-13-8-6-11;/h11,13,15H,2-10H2,1H3,(H,14,16);1H. The summed E-state index contributed by atoms with van der Waals surface area (Å²) >= 11 is 0. The van der Waals surface area contributed by atoms with E-state index in [-0.39, 0.29) is 30.6 Å². The Morgan fingerprint density at radius 2 is 1.90 bits per heavy atom. The first-order chi connectivity index (χ1) is 9.03. The Balaban J connectivity index is 0.00000361. The Labute approximate surface area is 127 Å². The number of hydrogen-bond donors (Lipinski definition) is 3. The number of halogens is 1. The van der Waals surface area contributed by atoms with E-state index < -0.39 is 10.0 Å².